The van der Waals surface area contributed by atoms with E-state index in [4.69, 9.17) is 0 Å². The van der Waals surface area contributed by atoms with Crippen molar-refractivity contribution < 1.29 is 0 Å². The van der Waals surface area contributed by atoms with Gasteiger partial charge in [0.15, 0.2) is 0 Å². The van der Waals surface area contributed by atoms with Crippen LogP contribution in [0.25, 0.3) is 0 Å². The number of hydrogen-bond donors (Lipinski definition) is 0. The lowest BCUT2D eigenvalue weighted by atomic mass is 9.82. The zero-order chi connectivity index (χ0) is 6.55. The van der Waals surface area contributed by atoms with Gasteiger partial charge in [-0.3, -0.25) is 0 Å². The molecule has 0 spiro atoms. The van der Waals surface area contributed by atoms with Crippen molar-refractivity contribution in [3.8, 4) is 0 Å². The number of rotatable bonds is 0. The molecule has 0 radical (unpaired) electrons. The summed E-state index contributed by atoms with van der Waals surface area (Å²) in [7, 11) is 0. The Kier molecular flexibility index (Phi) is 1.00. The van der Waals surface area contributed by atoms with Crippen molar-refractivity contribution in [1.29, 1.82) is 0 Å². The monoisotopic (exact) mass is 136 g/mol. The van der Waals surface area contributed by atoms with Crippen LogP contribution in [0.1, 0.15) is 38.5 Å². The van der Waals surface area contributed by atoms with Gasteiger partial charge < -0.3 is 0 Å². The molecule has 0 nitrogen and oxygen atoms in total. The second kappa shape index (κ2) is 1.78. The third-order valence-corrected chi connectivity index (χ3v) is 4.35. The Bertz CT molecular complexity index is 134. The summed E-state index contributed by atoms with van der Waals surface area (Å²) in [6, 6.07) is 0. The van der Waals surface area contributed by atoms with Crippen LogP contribution in [0.3, 0.4) is 0 Å². The van der Waals surface area contributed by atoms with Crippen LogP contribution in [0.5, 0.6) is 0 Å². The Hall–Kier alpha value is 0. The first-order valence-electron chi connectivity index (χ1n) is 4.95. The van der Waals surface area contributed by atoms with E-state index in [1.165, 1.54) is 23.7 Å². The van der Waals surface area contributed by atoms with Crippen molar-refractivity contribution in [2.75, 3.05) is 0 Å². The molecular formula is C10H16. The van der Waals surface area contributed by atoms with Crippen molar-refractivity contribution in [2.24, 2.45) is 23.7 Å². The van der Waals surface area contributed by atoms with Crippen LogP contribution in [0, 0.1) is 23.7 Å². The second-order valence-corrected chi connectivity index (χ2v) is 4.59. The lowest BCUT2D eigenvalue weighted by Gasteiger charge is -2.23. The van der Waals surface area contributed by atoms with Crippen LogP contribution >= 0.6 is 0 Å². The zero-order valence-electron chi connectivity index (χ0n) is 6.55. The average molecular weight is 136 g/mol. The van der Waals surface area contributed by atoms with Gasteiger partial charge in [-0.2, -0.15) is 0 Å². The maximum atomic E-state index is 1.62. The van der Waals surface area contributed by atoms with Gasteiger partial charge in [0.1, 0.15) is 0 Å². The lowest BCUT2D eigenvalue weighted by Crippen LogP contribution is -2.15. The van der Waals surface area contributed by atoms with Crippen LogP contribution in [0.15, 0.2) is 0 Å². The molecule has 3 rings (SSSR count). The van der Waals surface area contributed by atoms with Gasteiger partial charge in [-0.25, -0.2) is 0 Å². The van der Waals surface area contributed by atoms with E-state index in [9.17, 15) is 0 Å². The van der Waals surface area contributed by atoms with E-state index in [2.05, 4.69) is 0 Å². The van der Waals surface area contributed by atoms with E-state index in [0.717, 1.165) is 0 Å². The highest BCUT2D eigenvalue weighted by Crippen LogP contribution is 2.58. The molecule has 3 fully saturated rings. The van der Waals surface area contributed by atoms with Gasteiger partial charge in [-0.05, 0) is 55.8 Å². The minimum absolute atomic E-state index is 1.19. The van der Waals surface area contributed by atoms with Crippen molar-refractivity contribution in [3.63, 3.8) is 0 Å². The van der Waals surface area contributed by atoms with E-state index in [1.807, 2.05) is 0 Å². The molecule has 0 aromatic carbocycles. The Balaban J connectivity index is 1.92. The molecule has 0 aromatic heterocycles. The molecule has 4 atom stereocenters. The standard InChI is InChI=1S/C10H16/c1-2-9-7-4-5-8(6-7)10(9)3-1/h7-10H,1-6H2/t7-,8-,9-,10-/m1/s1. The molecule has 3 aliphatic carbocycles. The fourth-order valence-corrected chi connectivity index (χ4v) is 4.02. The summed E-state index contributed by atoms with van der Waals surface area (Å²) in [5, 5.41) is 0. The Morgan fingerprint density at radius 1 is 0.700 bits per heavy atom. The molecule has 3 saturated carbocycles. The van der Waals surface area contributed by atoms with Crippen LogP contribution in [0.4, 0.5) is 0 Å². The topological polar surface area (TPSA) is 0 Å². The molecule has 0 heterocycles. The summed E-state index contributed by atoms with van der Waals surface area (Å²) in [5.74, 6) is 4.80. The fourth-order valence-electron chi connectivity index (χ4n) is 4.02. The first-order chi connectivity index (χ1) is 4.95. The number of hydrogen-bond acceptors (Lipinski definition) is 0. The first-order valence-corrected chi connectivity index (χ1v) is 4.95. The summed E-state index contributed by atoms with van der Waals surface area (Å²) in [6.45, 7) is 0. The van der Waals surface area contributed by atoms with Gasteiger partial charge in [0.2, 0.25) is 0 Å². The minimum Gasteiger partial charge on any atom is -0.0527 e. The Morgan fingerprint density at radius 2 is 1.30 bits per heavy atom. The summed E-state index contributed by atoms with van der Waals surface area (Å²) in [5.41, 5.74) is 0. The molecule has 2 bridgehead atoms. The van der Waals surface area contributed by atoms with Crippen molar-refractivity contribution in [2.45, 2.75) is 38.5 Å². The van der Waals surface area contributed by atoms with Crippen LogP contribution in [-0.2, 0) is 0 Å². The van der Waals surface area contributed by atoms with Crippen molar-refractivity contribution in [3.05, 3.63) is 0 Å². The molecule has 0 saturated heterocycles. The molecular weight excluding hydrogens is 120 g/mol. The maximum absolute atomic E-state index is 1.62. The smallest absolute Gasteiger partial charge is 0.0355 e. The summed E-state index contributed by atoms with van der Waals surface area (Å²) in [4.78, 5) is 0. The predicted molar refractivity (Wildman–Crippen MR) is 41.7 cm³/mol. The molecule has 0 aliphatic heterocycles. The molecule has 0 heteroatoms. The first kappa shape index (κ1) is 5.62. The highest BCUT2D eigenvalue weighted by Gasteiger charge is 2.48. The molecule has 0 aromatic rings. The van der Waals surface area contributed by atoms with Crippen molar-refractivity contribution >= 4 is 0 Å². The lowest BCUT2D eigenvalue weighted by molar-refractivity contribution is 0.259. The summed E-state index contributed by atoms with van der Waals surface area (Å²) in [6.07, 6.45) is 9.53. The molecule has 56 valence electrons. The molecule has 3 aliphatic rings. The molecule has 0 unspecified atom stereocenters. The van der Waals surface area contributed by atoms with E-state index in [-0.39, 0.29) is 0 Å². The van der Waals surface area contributed by atoms with Gasteiger partial charge in [0, 0.05) is 0 Å². The quantitative estimate of drug-likeness (QED) is 0.480. The summed E-state index contributed by atoms with van der Waals surface area (Å²) < 4.78 is 0. The largest absolute Gasteiger partial charge is 0.0527 e. The van der Waals surface area contributed by atoms with Crippen molar-refractivity contribution in [1.82, 2.24) is 0 Å². The highest BCUT2D eigenvalue weighted by molar-refractivity contribution is 4.98. The zero-order valence-corrected chi connectivity index (χ0v) is 6.55. The third-order valence-electron chi connectivity index (χ3n) is 4.35. The second-order valence-electron chi connectivity index (χ2n) is 4.59. The highest BCUT2D eigenvalue weighted by atomic mass is 14.5. The van der Waals surface area contributed by atoms with E-state index in [1.54, 1.807) is 38.5 Å². The normalized spacial score (nSPS) is 57.6. The molecule has 10 heavy (non-hydrogen) atoms. The minimum atomic E-state index is 1.19. The van der Waals surface area contributed by atoms with Gasteiger partial charge in [-0.15, -0.1) is 0 Å². The molecule has 0 amide bonds. The predicted octanol–water partition coefficient (Wildman–Crippen LogP) is 2.83. The summed E-state index contributed by atoms with van der Waals surface area (Å²) >= 11 is 0. The molecule has 0 N–H and O–H groups in total. The van der Waals surface area contributed by atoms with E-state index < -0.39 is 0 Å². The van der Waals surface area contributed by atoms with Crippen LogP contribution < -0.4 is 0 Å². The van der Waals surface area contributed by atoms with E-state index >= 15 is 0 Å². The Labute approximate surface area is 63.0 Å². The van der Waals surface area contributed by atoms with Gasteiger partial charge in [0.05, 0.1) is 0 Å². The average Bonchev–Trinajstić information content (AvgIpc) is 2.60. The fraction of sp³-hybridized carbons (Fsp3) is 1.00. The maximum Gasteiger partial charge on any atom is -0.0355 e. The number of fused-ring (bicyclic) bond motifs is 5. The van der Waals surface area contributed by atoms with Crippen LogP contribution in [-0.4, -0.2) is 0 Å². The van der Waals surface area contributed by atoms with Gasteiger partial charge >= 0.3 is 0 Å². The van der Waals surface area contributed by atoms with Crippen LogP contribution in [0.2, 0.25) is 0 Å². The van der Waals surface area contributed by atoms with Gasteiger partial charge in [0.25, 0.3) is 0 Å². The Morgan fingerprint density at radius 3 is 1.90 bits per heavy atom. The van der Waals surface area contributed by atoms with E-state index in [0.29, 0.717) is 0 Å². The SMILES string of the molecule is C1C[C@@H]2[C@@H]3CC[C@H](C3)[C@H]2C1. The van der Waals surface area contributed by atoms with Gasteiger partial charge in [-0.1, -0.05) is 6.42 Å². The third kappa shape index (κ3) is 0.538.